The highest BCUT2D eigenvalue weighted by molar-refractivity contribution is 7.22. The van der Waals surface area contributed by atoms with Crippen molar-refractivity contribution in [2.75, 3.05) is 10.6 Å². The number of benzene rings is 3. The number of nitrogens with one attached hydrogen (secondary N) is 2. The Balaban J connectivity index is 1.50. The van der Waals surface area contributed by atoms with Crippen molar-refractivity contribution in [1.29, 1.82) is 0 Å². The van der Waals surface area contributed by atoms with Gasteiger partial charge >= 0.3 is 0 Å². The minimum absolute atomic E-state index is 0.0362. The predicted octanol–water partition coefficient (Wildman–Crippen LogP) is 4.71. The van der Waals surface area contributed by atoms with Gasteiger partial charge in [0.25, 0.3) is 17.5 Å². The van der Waals surface area contributed by atoms with E-state index in [0.29, 0.717) is 32.2 Å². The van der Waals surface area contributed by atoms with Crippen LogP contribution < -0.4 is 10.6 Å². The van der Waals surface area contributed by atoms with E-state index >= 15 is 0 Å². The van der Waals surface area contributed by atoms with E-state index in [1.807, 2.05) is 6.07 Å². The lowest BCUT2D eigenvalue weighted by molar-refractivity contribution is -0.384. The highest BCUT2D eigenvalue weighted by Gasteiger charge is 2.14. The van der Waals surface area contributed by atoms with Gasteiger partial charge < -0.3 is 5.32 Å². The van der Waals surface area contributed by atoms with E-state index < -0.39 is 10.8 Å². The van der Waals surface area contributed by atoms with Gasteiger partial charge in [0.15, 0.2) is 5.13 Å². The van der Waals surface area contributed by atoms with E-state index in [1.54, 1.807) is 54.6 Å². The fourth-order valence-corrected chi connectivity index (χ4v) is 3.67. The number of aromatic nitrogens is 1. The Morgan fingerprint density at radius 3 is 2.37 bits per heavy atom. The quantitative estimate of drug-likeness (QED) is 0.360. The lowest BCUT2D eigenvalue weighted by Crippen LogP contribution is -2.14. The Labute approximate surface area is 174 Å². The molecule has 0 atom stereocenters. The molecule has 3 aromatic carbocycles. The number of nitro groups is 1. The van der Waals surface area contributed by atoms with E-state index in [2.05, 4.69) is 15.6 Å². The third-order valence-electron chi connectivity index (χ3n) is 4.22. The van der Waals surface area contributed by atoms with Gasteiger partial charge in [-0.05, 0) is 36.4 Å². The maximum Gasteiger partial charge on any atom is 0.270 e. The summed E-state index contributed by atoms with van der Waals surface area (Å²) in [6, 6.07) is 19.6. The van der Waals surface area contributed by atoms with Crippen molar-refractivity contribution in [1.82, 2.24) is 4.98 Å². The third kappa shape index (κ3) is 4.15. The number of amides is 2. The van der Waals surface area contributed by atoms with Crippen LogP contribution in [-0.2, 0) is 0 Å². The van der Waals surface area contributed by atoms with Crippen LogP contribution in [0.15, 0.2) is 72.8 Å². The first-order valence-corrected chi connectivity index (χ1v) is 9.64. The molecule has 8 nitrogen and oxygen atoms in total. The van der Waals surface area contributed by atoms with Crippen LogP contribution >= 0.6 is 11.3 Å². The molecule has 0 saturated carbocycles. The smallest absolute Gasteiger partial charge is 0.270 e. The molecular formula is C21H14N4O4S. The van der Waals surface area contributed by atoms with E-state index in [-0.39, 0.29) is 11.6 Å². The highest BCUT2D eigenvalue weighted by Crippen LogP contribution is 2.29. The molecule has 0 fully saturated rings. The SMILES string of the molecule is O=C(Nc1cccc(C(=O)Nc2nc3ccc([N+](=O)[O-])cc3s2)c1)c1ccccc1. The van der Waals surface area contributed by atoms with Crippen molar-refractivity contribution in [3.8, 4) is 0 Å². The molecule has 0 unspecified atom stereocenters. The number of thiazole rings is 1. The van der Waals surface area contributed by atoms with Gasteiger partial charge in [-0.3, -0.25) is 25.0 Å². The molecule has 2 amide bonds. The molecule has 4 aromatic rings. The number of rotatable bonds is 5. The average Bonchev–Trinajstić information content (AvgIpc) is 3.16. The molecule has 30 heavy (non-hydrogen) atoms. The number of nitrogens with zero attached hydrogens (tertiary/aromatic N) is 2. The van der Waals surface area contributed by atoms with Gasteiger partial charge in [-0.1, -0.05) is 35.6 Å². The number of hydrogen-bond donors (Lipinski definition) is 2. The maximum atomic E-state index is 12.6. The number of carbonyl (C=O) groups is 2. The Morgan fingerprint density at radius 1 is 0.867 bits per heavy atom. The minimum atomic E-state index is -0.480. The largest absolute Gasteiger partial charge is 0.322 e. The van der Waals surface area contributed by atoms with Crippen LogP contribution in [0.1, 0.15) is 20.7 Å². The minimum Gasteiger partial charge on any atom is -0.322 e. The van der Waals surface area contributed by atoms with Gasteiger partial charge in [0.1, 0.15) is 0 Å². The molecule has 0 radical (unpaired) electrons. The second-order valence-corrected chi connectivity index (χ2v) is 7.31. The summed E-state index contributed by atoms with van der Waals surface area (Å²) in [7, 11) is 0. The van der Waals surface area contributed by atoms with Gasteiger partial charge in [-0.2, -0.15) is 0 Å². The van der Waals surface area contributed by atoms with Crippen LogP contribution in [0.2, 0.25) is 0 Å². The third-order valence-corrected chi connectivity index (χ3v) is 5.16. The average molecular weight is 418 g/mol. The summed E-state index contributed by atoms with van der Waals surface area (Å²) in [5.41, 5.74) is 1.86. The summed E-state index contributed by atoms with van der Waals surface area (Å²) < 4.78 is 0.600. The number of hydrogen-bond acceptors (Lipinski definition) is 6. The summed E-state index contributed by atoms with van der Waals surface area (Å²) in [4.78, 5) is 39.6. The van der Waals surface area contributed by atoms with Crippen LogP contribution in [0.25, 0.3) is 10.2 Å². The summed E-state index contributed by atoms with van der Waals surface area (Å²) >= 11 is 1.15. The zero-order valence-electron chi connectivity index (χ0n) is 15.4. The molecule has 1 heterocycles. The molecule has 0 saturated heterocycles. The van der Waals surface area contributed by atoms with Gasteiger partial charge in [-0.15, -0.1) is 0 Å². The Kier molecular flexibility index (Phi) is 5.19. The zero-order valence-corrected chi connectivity index (χ0v) is 16.2. The first-order chi connectivity index (χ1) is 14.5. The molecule has 0 bridgehead atoms. The predicted molar refractivity (Wildman–Crippen MR) is 115 cm³/mol. The topological polar surface area (TPSA) is 114 Å². The second-order valence-electron chi connectivity index (χ2n) is 6.28. The monoisotopic (exact) mass is 418 g/mol. The Hall–Kier alpha value is -4.11. The fourth-order valence-electron chi connectivity index (χ4n) is 2.78. The van der Waals surface area contributed by atoms with Gasteiger partial charge in [0, 0.05) is 28.9 Å². The van der Waals surface area contributed by atoms with Crippen molar-refractivity contribution in [3.05, 3.63) is 94.0 Å². The number of anilines is 2. The number of nitro benzene ring substituents is 1. The van der Waals surface area contributed by atoms with Crippen LogP contribution in [0.3, 0.4) is 0 Å². The van der Waals surface area contributed by atoms with Crippen LogP contribution in [-0.4, -0.2) is 21.7 Å². The van der Waals surface area contributed by atoms with E-state index in [4.69, 9.17) is 0 Å². The molecule has 0 aliphatic heterocycles. The highest BCUT2D eigenvalue weighted by atomic mass is 32.1. The number of non-ortho nitro benzene ring substituents is 1. The van der Waals surface area contributed by atoms with Crippen LogP contribution in [0.5, 0.6) is 0 Å². The van der Waals surface area contributed by atoms with Crippen molar-refractivity contribution >= 4 is 49.9 Å². The lowest BCUT2D eigenvalue weighted by atomic mass is 10.1. The molecule has 148 valence electrons. The van der Waals surface area contributed by atoms with Crippen molar-refractivity contribution in [2.45, 2.75) is 0 Å². The molecule has 0 aliphatic carbocycles. The Morgan fingerprint density at radius 2 is 1.60 bits per heavy atom. The normalized spacial score (nSPS) is 10.5. The van der Waals surface area contributed by atoms with Gasteiger partial charge in [0.2, 0.25) is 0 Å². The van der Waals surface area contributed by atoms with E-state index in [9.17, 15) is 19.7 Å². The zero-order chi connectivity index (χ0) is 21.1. The van der Waals surface area contributed by atoms with Crippen LogP contribution in [0.4, 0.5) is 16.5 Å². The maximum absolute atomic E-state index is 12.6. The summed E-state index contributed by atoms with van der Waals surface area (Å²) in [6.45, 7) is 0. The van der Waals surface area contributed by atoms with Gasteiger partial charge in [0.05, 0.1) is 15.1 Å². The summed E-state index contributed by atoms with van der Waals surface area (Å²) in [5.74, 6) is -0.680. The molecule has 0 spiro atoms. The van der Waals surface area contributed by atoms with Gasteiger partial charge in [-0.25, -0.2) is 4.98 Å². The van der Waals surface area contributed by atoms with Crippen molar-refractivity contribution in [2.24, 2.45) is 0 Å². The van der Waals surface area contributed by atoms with Crippen LogP contribution in [0, 0.1) is 10.1 Å². The second kappa shape index (κ2) is 8.10. The molecule has 9 heteroatoms. The number of carbonyl (C=O) groups excluding carboxylic acids is 2. The molecular weight excluding hydrogens is 404 g/mol. The summed E-state index contributed by atoms with van der Waals surface area (Å²) in [6.07, 6.45) is 0. The lowest BCUT2D eigenvalue weighted by Gasteiger charge is -2.07. The van der Waals surface area contributed by atoms with E-state index in [1.165, 1.54) is 12.1 Å². The van der Waals surface area contributed by atoms with E-state index in [0.717, 1.165) is 11.3 Å². The molecule has 0 aliphatic rings. The standard InChI is InChI=1S/C21H14N4O4S/c26-19(13-5-2-1-3-6-13)22-15-8-4-7-14(11-15)20(27)24-21-23-17-10-9-16(25(28)29)12-18(17)30-21/h1-12H,(H,22,26)(H,23,24,27). The van der Waals surface area contributed by atoms with Crippen molar-refractivity contribution in [3.63, 3.8) is 0 Å². The summed E-state index contributed by atoms with van der Waals surface area (Å²) in [5, 5.41) is 16.7. The first kappa shape index (κ1) is 19.2. The Bertz CT molecular complexity index is 1270. The fraction of sp³-hybridized carbons (Fsp3) is 0. The van der Waals surface area contributed by atoms with Crippen molar-refractivity contribution < 1.29 is 14.5 Å². The first-order valence-electron chi connectivity index (χ1n) is 8.82. The molecule has 1 aromatic heterocycles. The molecule has 2 N–H and O–H groups in total. The number of fused-ring (bicyclic) bond motifs is 1. The molecule has 4 rings (SSSR count).